The molecule has 0 saturated carbocycles. The number of phenols is 1. The molecule has 0 radical (unpaired) electrons. The first-order valence-corrected chi connectivity index (χ1v) is 7.92. The number of para-hydroxylation sites is 2. The summed E-state index contributed by atoms with van der Waals surface area (Å²) >= 11 is 0. The standard InChI is InChI=1S/C18H20FN3O2/c19-14-4-3-5-15(12-14)20-18(24)13-21-8-10-22(11-9-21)16-6-1-2-7-17(16)23/h1-7,12,23H,8-11,13H2,(H,20,24). The van der Waals surface area contributed by atoms with E-state index >= 15 is 0 Å². The van der Waals surface area contributed by atoms with E-state index in [1.54, 1.807) is 24.3 Å². The van der Waals surface area contributed by atoms with Gasteiger partial charge in [0.1, 0.15) is 11.6 Å². The second-order valence-corrected chi connectivity index (χ2v) is 5.81. The molecule has 6 heteroatoms. The van der Waals surface area contributed by atoms with Gasteiger partial charge in [0, 0.05) is 31.9 Å². The van der Waals surface area contributed by atoms with Crippen molar-refractivity contribution in [3.63, 3.8) is 0 Å². The van der Waals surface area contributed by atoms with Crippen LogP contribution in [0.2, 0.25) is 0 Å². The van der Waals surface area contributed by atoms with Crippen molar-refractivity contribution in [2.75, 3.05) is 42.9 Å². The molecule has 3 rings (SSSR count). The van der Waals surface area contributed by atoms with E-state index in [2.05, 4.69) is 10.2 Å². The molecule has 0 unspecified atom stereocenters. The second-order valence-electron chi connectivity index (χ2n) is 5.81. The third-order valence-corrected chi connectivity index (χ3v) is 4.07. The fourth-order valence-corrected chi connectivity index (χ4v) is 2.85. The number of aromatic hydroxyl groups is 1. The summed E-state index contributed by atoms with van der Waals surface area (Å²) in [6, 6.07) is 13.1. The van der Waals surface area contributed by atoms with Gasteiger partial charge in [-0.3, -0.25) is 9.69 Å². The van der Waals surface area contributed by atoms with Gasteiger partial charge in [-0.05, 0) is 30.3 Å². The first kappa shape index (κ1) is 16.3. The number of piperazine rings is 1. The monoisotopic (exact) mass is 329 g/mol. The number of anilines is 2. The topological polar surface area (TPSA) is 55.8 Å². The van der Waals surface area contributed by atoms with Crippen LogP contribution < -0.4 is 10.2 Å². The highest BCUT2D eigenvalue weighted by molar-refractivity contribution is 5.92. The molecule has 0 aliphatic carbocycles. The van der Waals surface area contributed by atoms with Gasteiger partial charge in [-0.25, -0.2) is 4.39 Å². The lowest BCUT2D eigenvalue weighted by Gasteiger charge is -2.35. The van der Waals surface area contributed by atoms with Gasteiger partial charge in [0.05, 0.1) is 12.2 Å². The van der Waals surface area contributed by atoms with E-state index in [4.69, 9.17) is 0 Å². The van der Waals surface area contributed by atoms with E-state index in [9.17, 15) is 14.3 Å². The Bertz CT molecular complexity index is 715. The molecule has 1 saturated heterocycles. The second kappa shape index (κ2) is 7.31. The Labute approximate surface area is 140 Å². The van der Waals surface area contributed by atoms with Crippen molar-refractivity contribution in [1.82, 2.24) is 4.90 Å². The number of carbonyl (C=O) groups is 1. The van der Waals surface area contributed by atoms with Crippen LogP contribution in [0.15, 0.2) is 48.5 Å². The van der Waals surface area contributed by atoms with Crippen molar-refractivity contribution in [3.8, 4) is 5.75 Å². The van der Waals surface area contributed by atoms with E-state index in [1.165, 1.54) is 12.1 Å². The predicted molar refractivity (Wildman–Crippen MR) is 91.8 cm³/mol. The maximum atomic E-state index is 13.1. The molecule has 5 nitrogen and oxygen atoms in total. The Morgan fingerprint density at radius 1 is 1.08 bits per heavy atom. The predicted octanol–water partition coefficient (Wildman–Crippen LogP) is 2.29. The van der Waals surface area contributed by atoms with Crippen molar-refractivity contribution in [3.05, 3.63) is 54.3 Å². The Morgan fingerprint density at radius 3 is 2.54 bits per heavy atom. The molecular formula is C18H20FN3O2. The molecule has 0 aromatic heterocycles. The molecular weight excluding hydrogens is 309 g/mol. The number of nitrogens with one attached hydrogen (secondary N) is 1. The van der Waals surface area contributed by atoms with E-state index in [-0.39, 0.29) is 24.0 Å². The number of halogens is 1. The normalized spacial score (nSPS) is 15.3. The van der Waals surface area contributed by atoms with E-state index < -0.39 is 0 Å². The number of nitrogens with zero attached hydrogens (tertiary/aromatic N) is 2. The summed E-state index contributed by atoms with van der Waals surface area (Å²) in [5.41, 5.74) is 1.29. The first-order chi connectivity index (χ1) is 11.6. The zero-order chi connectivity index (χ0) is 16.9. The lowest BCUT2D eigenvalue weighted by atomic mass is 10.2. The Morgan fingerprint density at radius 2 is 1.83 bits per heavy atom. The van der Waals surface area contributed by atoms with Gasteiger partial charge in [0.2, 0.25) is 5.91 Å². The third kappa shape index (κ3) is 4.02. The van der Waals surface area contributed by atoms with E-state index in [0.29, 0.717) is 5.69 Å². The highest BCUT2D eigenvalue weighted by Crippen LogP contribution is 2.27. The molecule has 1 heterocycles. The minimum absolute atomic E-state index is 0.156. The summed E-state index contributed by atoms with van der Waals surface area (Å²) < 4.78 is 13.1. The fourth-order valence-electron chi connectivity index (χ4n) is 2.85. The summed E-state index contributed by atoms with van der Waals surface area (Å²) in [6.07, 6.45) is 0. The van der Waals surface area contributed by atoms with E-state index in [1.807, 2.05) is 17.0 Å². The van der Waals surface area contributed by atoms with Gasteiger partial charge >= 0.3 is 0 Å². The largest absolute Gasteiger partial charge is 0.506 e. The highest BCUT2D eigenvalue weighted by atomic mass is 19.1. The van der Waals surface area contributed by atoms with Crippen molar-refractivity contribution in [1.29, 1.82) is 0 Å². The Kier molecular flexibility index (Phi) is 4.96. The van der Waals surface area contributed by atoms with Gasteiger partial charge in [-0.15, -0.1) is 0 Å². The van der Waals surface area contributed by atoms with Crippen LogP contribution in [0, 0.1) is 5.82 Å². The summed E-state index contributed by atoms with van der Waals surface area (Å²) in [5.74, 6) is -0.254. The quantitative estimate of drug-likeness (QED) is 0.904. The van der Waals surface area contributed by atoms with Gasteiger partial charge in [0.25, 0.3) is 0 Å². The summed E-state index contributed by atoms with van der Waals surface area (Å²) in [7, 11) is 0. The Balaban J connectivity index is 1.50. The maximum Gasteiger partial charge on any atom is 0.238 e. The molecule has 1 aliphatic heterocycles. The SMILES string of the molecule is O=C(CN1CCN(c2ccccc2O)CC1)Nc1cccc(F)c1. The minimum atomic E-state index is -0.371. The summed E-state index contributed by atoms with van der Waals surface area (Å²) in [4.78, 5) is 16.2. The average Bonchev–Trinajstić information content (AvgIpc) is 2.56. The molecule has 24 heavy (non-hydrogen) atoms. The molecule has 0 atom stereocenters. The van der Waals surface area contributed by atoms with Crippen molar-refractivity contribution < 1.29 is 14.3 Å². The number of benzene rings is 2. The van der Waals surface area contributed by atoms with Crippen molar-refractivity contribution in [2.24, 2.45) is 0 Å². The molecule has 126 valence electrons. The molecule has 0 bridgehead atoms. The van der Waals surface area contributed by atoms with Gasteiger partial charge in [0.15, 0.2) is 0 Å². The van der Waals surface area contributed by atoms with Crippen LogP contribution in [0.4, 0.5) is 15.8 Å². The Hall–Kier alpha value is -2.60. The molecule has 1 aliphatic rings. The molecule has 0 spiro atoms. The minimum Gasteiger partial charge on any atom is -0.506 e. The molecule has 1 fully saturated rings. The van der Waals surface area contributed by atoms with Crippen LogP contribution in [0.3, 0.4) is 0 Å². The van der Waals surface area contributed by atoms with Gasteiger partial charge in [-0.1, -0.05) is 18.2 Å². The van der Waals surface area contributed by atoms with Crippen LogP contribution >= 0.6 is 0 Å². The number of amides is 1. The molecule has 1 amide bonds. The number of carbonyl (C=O) groups excluding carboxylic acids is 1. The van der Waals surface area contributed by atoms with Gasteiger partial charge in [-0.2, -0.15) is 0 Å². The highest BCUT2D eigenvalue weighted by Gasteiger charge is 2.20. The van der Waals surface area contributed by atoms with Crippen molar-refractivity contribution >= 4 is 17.3 Å². The molecule has 2 aromatic carbocycles. The van der Waals surface area contributed by atoms with Crippen LogP contribution in [-0.4, -0.2) is 48.6 Å². The maximum absolute atomic E-state index is 13.1. The molecule has 2 N–H and O–H groups in total. The van der Waals surface area contributed by atoms with Gasteiger partial charge < -0.3 is 15.3 Å². The fraction of sp³-hybridized carbons (Fsp3) is 0.278. The smallest absolute Gasteiger partial charge is 0.238 e. The van der Waals surface area contributed by atoms with Crippen LogP contribution in [-0.2, 0) is 4.79 Å². The average molecular weight is 329 g/mol. The van der Waals surface area contributed by atoms with Crippen molar-refractivity contribution in [2.45, 2.75) is 0 Å². The number of phenolic OH excluding ortho intramolecular Hbond substituents is 1. The summed E-state index contributed by atoms with van der Waals surface area (Å²) in [5, 5.41) is 12.6. The first-order valence-electron chi connectivity index (χ1n) is 7.92. The van der Waals surface area contributed by atoms with Crippen LogP contribution in [0.25, 0.3) is 0 Å². The lowest BCUT2D eigenvalue weighted by molar-refractivity contribution is -0.117. The third-order valence-electron chi connectivity index (χ3n) is 4.07. The zero-order valence-electron chi connectivity index (χ0n) is 13.3. The zero-order valence-corrected chi connectivity index (χ0v) is 13.3. The number of hydrogen-bond acceptors (Lipinski definition) is 4. The van der Waals surface area contributed by atoms with E-state index in [0.717, 1.165) is 31.9 Å². The molecule has 2 aromatic rings. The lowest BCUT2D eigenvalue weighted by Crippen LogP contribution is -2.48. The summed E-state index contributed by atoms with van der Waals surface area (Å²) in [6.45, 7) is 3.20. The van der Waals surface area contributed by atoms with Crippen LogP contribution in [0.5, 0.6) is 5.75 Å². The number of rotatable bonds is 4. The number of hydrogen-bond donors (Lipinski definition) is 2. The van der Waals surface area contributed by atoms with Crippen LogP contribution in [0.1, 0.15) is 0 Å².